The molecule has 162 valence electrons. The highest BCUT2D eigenvalue weighted by Gasteiger charge is 2.23. The maximum absolute atomic E-state index is 12.1. The van der Waals surface area contributed by atoms with Gasteiger partial charge in [-0.25, -0.2) is 0 Å². The third kappa shape index (κ3) is 8.46. The first-order chi connectivity index (χ1) is 13.5. The van der Waals surface area contributed by atoms with Crippen LogP contribution in [-0.4, -0.2) is 63.5 Å². The summed E-state index contributed by atoms with van der Waals surface area (Å²) in [7, 11) is 5.01. The Hall–Kier alpha value is -2.04. The van der Waals surface area contributed by atoms with E-state index >= 15 is 0 Å². The van der Waals surface area contributed by atoms with Gasteiger partial charge in [0.05, 0.1) is 13.7 Å². The van der Waals surface area contributed by atoms with E-state index < -0.39 is 0 Å². The molecule has 9 heteroatoms. The summed E-state index contributed by atoms with van der Waals surface area (Å²) in [6.45, 7) is 2.29. The Morgan fingerprint density at radius 3 is 2.34 bits per heavy atom. The van der Waals surface area contributed by atoms with Crippen molar-refractivity contribution < 1.29 is 14.3 Å². The largest absolute Gasteiger partial charge is 0.497 e. The topological polar surface area (TPSA) is 95.1 Å². The predicted octanol–water partition coefficient (Wildman–Crippen LogP) is 1.35. The van der Waals surface area contributed by atoms with Crippen LogP contribution in [0.3, 0.4) is 0 Å². The molecule has 1 aromatic carbocycles. The molecule has 1 heterocycles. The summed E-state index contributed by atoms with van der Waals surface area (Å²) in [5.74, 6) is 1.92. The molecule has 0 atom stereocenters. The van der Waals surface area contributed by atoms with Gasteiger partial charge in [-0.1, -0.05) is 12.1 Å². The molecule has 0 saturated carbocycles. The van der Waals surface area contributed by atoms with E-state index in [1.54, 1.807) is 21.2 Å². The summed E-state index contributed by atoms with van der Waals surface area (Å²) in [6, 6.07) is 7.59. The van der Waals surface area contributed by atoms with E-state index in [2.05, 4.69) is 25.8 Å². The SMILES string of the molecule is CN=C(NCC(=O)NCc1ccc(OC)cc1)N1CCC(CC(=O)NC)CC1.I. The van der Waals surface area contributed by atoms with Crippen molar-refractivity contribution in [2.24, 2.45) is 10.9 Å². The smallest absolute Gasteiger partial charge is 0.239 e. The van der Waals surface area contributed by atoms with Crippen LogP contribution in [0.2, 0.25) is 0 Å². The van der Waals surface area contributed by atoms with Crippen LogP contribution >= 0.6 is 24.0 Å². The molecule has 0 aliphatic carbocycles. The van der Waals surface area contributed by atoms with Crippen molar-refractivity contribution in [1.29, 1.82) is 0 Å². The number of amides is 2. The quantitative estimate of drug-likeness (QED) is 0.289. The molecule has 1 fully saturated rings. The van der Waals surface area contributed by atoms with Gasteiger partial charge in [-0.2, -0.15) is 0 Å². The zero-order valence-corrected chi connectivity index (χ0v) is 19.7. The second-order valence-corrected chi connectivity index (χ2v) is 6.83. The van der Waals surface area contributed by atoms with Crippen LogP contribution in [0.4, 0.5) is 0 Å². The first-order valence-electron chi connectivity index (χ1n) is 9.61. The van der Waals surface area contributed by atoms with Gasteiger partial charge in [0.25, 0.3) is 0 Å². The molecule has 1 aromatic rings. The van der Waals surface area contributed by atoms with Gasteiger partial charge in [0.1, 0.15) is 5.75 Å². The number of methoxy groups -OCH3 is 1. The van der Waals surface area contributed by atoms with Gasteiger partial charge >= 0.3 is 0 Å². The lowest BCUT2D eigenvalue weighted by molar-refractivity contribution is -0.122. The number of hydrogen-bond donors (Lipinski definition) is 3. The summed E-state index contributed by atoms with van der Waals surface area (Å²) in [5, 5.41) is 8.70. The Bertz CT molecular complexity index is 673. The molecular formula is C20H32IN5O3. The average molecular weight is 517 g/mol. The number of halogens is 1. The first-order valence-corrected chi connectivity index (χ1v) is 9.61. The van der Waals surface area contributed by atoms with Gasteiger partial charge in [0, 0.05) is 40.2 Å². The molecule has 1 aliphatic rings. The van der Waals surface area contributed by atoms with Gasteiger partial charge in [-0.05, 0) is 36.5 Å². The predicted molar refractivity (Wildman–Crippen MR) is 125 cm³/mol. The molecule has 1 saturated heterocycles. The second kappa shape index (κ2) is 13.2. The minimum atomic E-state index is -0.0912. The van der Waals surface area contributed by atoms with Crippen LogP contribution in [0, 0.1) is 5.92 Å². The van der Waals surface area contributed by atoms with Gasteiger partial charge in [-0.15, -0.1) is 24.0 Å². The van der Waals surface area contributed by atoms with Crippen LogP contribution in [0.5, 0.6) is 5.75 Å². The van der Waals surface area contributed by atoms with Gasteiger partial charge in [0.2, 0.25) is 11.8 Å². The number of piperidine rings is 1. The van der Waals surface area contributed by atoms with E-state index in [1.807, 2.05) is 24.3 Å². The van der Waals surface area contributed by atoms with Crippen molar-refractivity contribution in [3.63, 3.8) is 0 Å². The molecule has 1 aliphatic heterocycles. The fourth-order valence-electron chi connectivity index (χ4n) is 3.21. The maximum atomic E-state index is 12.1. The Kier molecular flexibility index (Phi) is 11.4. The van der Waals surface area contributed by atoms with Gasteiger partial charge in [-0.3, -0.25) is 14.6 Å². The molecule has 0 aromatic heterocycles. The van der Waals surface area contributed by atoms with Crippen molar-refractivity contribution >= 4 is 41.8 Å². The molecular weight excluding hydrogens is 485 g/mol. The highest BCUT2D eigenvalue weighted by Crippen LogP contribution is 2.20. The van der Waals surface area contributed by atoms with Crippen molar-refractivity contribution in [2.45, 2.75) is 25.8 Å². The number of rotatable bonds is 7. The summed E-state index contributed by atoms with van der Waals surface area (Å²) in [4.78, 5) is 30.1. The van der Waals surface area contributed by atoms with Crippen molar-refractivity contribution in [2.75, 3.05) is 40.8 Å². The van der Waals surface area contributed by atoms with E-state index in [9.17, 15) is 9.59 Å². The summed E-state index contributed by atoms with van der Waals surface area (Å²) < 4.78 is 5.13. The number of guanidine groups is 1. The number of hydrogen-bond acceptors (Lipinski definition) is 4. The van der Waals surface area contributed by atoms with E-state index in [-0.39, 0.29) is 42.3 Å². The fourth-order valence-corrected chi connectivity index (χ4v) is 3.21. The van der Waals surface area contributed by atoms with E-state index in [1.165, 1.54) is 0 Å². The number of nitrogens with zero attached hydrogens (tertiary/aromatic N) is 2. The Balaban J connectivity index is 0.00000420. The zero-order chi connectivity index (χ0) is 20.4. The van der Waals surface area contributed by atoms with Gasteiger partial charge < -0.3 is 25.6 Å². The molecule has 29 heavy (non-hydrogen) atoms. The number of carbonyl (C=O) groups is 2. The molecule has 2 amide bonds. The van der Waals surface area contributed by atoms with Crippen LogP contribution in [0.25, 0.3) is 0 Å². The Morgan fingerprint density at radius 1 is 1.14 bits per heavy atom. The minimum absolute atomic E-state index is 0. The second-order valence-electron chi connectivity index (χ2n) is 6.83. The highest BCUT2D eigenvalue weighted by atomic mass is 127. The number of nitrogens with one attached hydrogen (secondary N) is 3. The average Bonchev–Trinajstić information content (AvgIpc) is 2.74. The molecule has 0 unspecified atom stereocenters. The normalized spacial score (nSPS) is 14.6. The molecule has 0 radical (unpaired) electrons. The van der Waals surface area contributed by atoms with Gasteiger partial charge in [0.15, 0.2) is 5.96 Å². The zero-order valence-electron chi connectivity index (χ0n) is 17.4. The highest BCUT2D eigenvalue weighted by molar-refractivity contribution is 14.0. The Morgan fingerprint density at radius 2 is 1.79 bits per heavy atom. The van der Waals surface area contributed by atoms with E-state index in [0.717, 1.165) is 43.2 Å². The van der Waals surface area contributed by atoms with Crippen LogP contribution < -0.4 is 20.7 Å². The summed E-state index contributed by atoms with van der Waals surface area (Å²) in [5.41, 5.74) is 1.01. The number of carbonyl (C=O) groups excluding carboxylic acids is 2. The third-order valence-corrected chi connectivity index (χ3v) is 4.93. The lowest BCUT2D eigenvalue weighted by atomic mass is 9.93. The fraction of sp³-hybridized carbons (Fsp3) is 0.550. The lowest BCUT2D eigenvalue weighted by Crippen LogP contribution is -2.48. The molecule has 3 N–H and O–H groups in total. The molecule has 0 spiro atoms. The standard InChI is InChI=1S/C20H31N5O3.HI/c1-21-18(26)12-15-8-10-25(11-9-15)20(22-2)24-14-19(27)23-13-16-4-6-17(28-3)7-5-16;/h4-7,15H,8-14H2,1-3H3,(H,21,26)(H,22,24)(H,23,27);1H. The van der Waals surface area contributed by atoms with Crippen LogP contribution in [-0.2, 0) is 16.1 Å². The third-order valence-electron chi connectivity index (χ3n) is 4.93. The van der Waals surface area contributed by atoms with Crippen molar-refractivity contribution in [3.8, 4) is 5.75 Å². The number of benzene rings is 1. The Labute approximate surface area is 189 Å². The molecule has 8 nitrogen and oxygen atoms in total. The number of ether oxygens (including phenoxy) is 1. The van der Waals surface area contributed by atoms with E-state index in [4.69, 9.17) is 4.74 Å². The number of aliphatic imine (C=N–C) groups is 1. The summed E-state index contributed by atoms with van der Waals surface area (Å²) in [6.07, 6.45) is 2.46. The van der Waals surface area contributed by atoms with Crippen molar-refractivity contribution in [3.05, 3.63) is 29.8 Å². The van der Waals surface area contributed by atoms with Crippen LogP contribution in [0.1, 0.15) is 24.8 Å². The maximum Gasteiger partial charge on any atom is 0.239 e. The molecule has 2 rings (SSSR count). The summed E-state index contributed by atoms with van der Waals surface area (Å²) >= 11 is 0. The van der Waals surface area contributed by atoms with Crippen LogP contribution in [0.15, 0.2) is 29.3 Å². The number of likely N-dealkylation sites (tertiary alicyclic amines) is 1. The minimum Gasteiger partial charge on any atom is -0.497 e. The van der Waals surface area contributed by atoms with Crippen molar-refractivity contribution in [1.82, 2.24) is 20.9 Å². The molecule has 0 bridgehead atoms. The van der Waals surface area contributed by atoms with E-state index in [0.29, 0.717) is 18.9 Å². The monoisotopic (exact) mass is 517 g/mol. The lowest BCUT2D eigenvalue weighted by Gasteiger charge is -2.33. The first kappa shape index (κ1) is 25.0.